The first-order valence-electron chi connectivity index (χ1n) is 9.62. The molecule has 23 heavy (non-hydrogen) atoms. The van der Waals surface area contributed by atoms with Crippen LogP contribution in [0.25, 0.3) is 0 Å². The first kappa shape index (κ1) is 22.4. The average Bonchev–Trinajstić information content (AvgIpc) is 2.46. The van der Waals surface area contributed by atoms with E-state index in [1.807, 2.05) is 0 Å². The summed E-state index contributed by atoms with van der Waals surface area (Å²) < 4.78 is 4.97. The summed E-state index contributed by atoms with van der Waals surface area (Å²) in [5.74, 6) is 1.34. The van der Waals surface area contributed by atoms with E-state index in [2.05, 4.69) is 27.7 Å². The molecule has 0 heterocycles. The van der Waals surface area contributed by atoms with Crippen LogP contribution in [0.15, 0.2) is 0 Å². The van der Waals surface area contributed by atoms with E-state index < -0.39 is 12.0 Å². The van der Waals surface area contributed by atoms with E-state index in [1.165, 1.54) is 32.1 Å². The number of hydrogen-bond donors (Lipinski definition) is 1. The molecule has 1 N–H and O–H groups in total. The van der Waals surface area contributed by atoms with Crippen LogP contribution in [0.2, 0.25) is 0 Å². The molecule has 0 bridgehead atoms. The Morgan fingerprint density at radius 3 is 1.96 bits per heavy atom. The predicted molar refractivity (Wildman–Crippen MR) is 97.3 cm³/mol. The van der Waals surface area contributed by atoms with Crippen molar-refractivity contribution >= 4 is 5.97 Å². The molecule has 0 saturated carbocycles. The summed E-state index contributed by atoms with van der Waals surface area (Å²) in [6.07, 6.45) is 7.70. The minimum absolute atomic E-state index is 0.286. The van der Waals surface area contributed by atoms with Crippen LogP contribution >= 0.6 is 0 Å². The maximum Gasteiger partial charge on any atom is 0.311 e. The molecular weight excluding hydrogens is 288 g/mol. The summed E-state index contributed by atoms with van der Waals surface area (Å²) in [5, 5.41) is 10.2. The zero-order valence-corrected chi connectivity index (χ0v) is 16.3. The summed E-state index contributed by atoms with van der Waals surface area (Å²) in [6.45, 7) is 13.0. The zero-order chi connectivity index (χ0) is 17.8. The highest BCUT2D eigenvalue weighted by Crippen LogP contribution is 2.22. The highest BCUT2D eigenvalue weighted by molar-refractivity contribution is 5.72. The molecule has 0 aromatic carbocycles. The van der Waals surface area contributed by atoms with Gasteiger partial charge >= 0.3 is 5.97 Å². The molecule has 3 nitrogen and oxygen atoms in total. The molecule has 0 aliphatic rings. The normalized spacial score (nSPS) is 16.9. The van der Waals surface area contributed by atoms with Crippen LogP contribution in [-0.4, -0.2) is 23.8 Å². The Morgan fingerprint density at radius 1 is 0.913 bits per heavy atom. The molecule has 0 fully saturated rings. The van der Waals surface area contributed by atoms with Crippen molar-refractivity contribution < 1.29 is 14.6 Å². The van der Waals surface area contributed by atoms with E-state index in [0.717, 1.165) is 18.3 Å². The van der Waals surface area contributed by atoms with Crippen LogP contribution in [0.4, 0.5) is 0 Å². The molecule has 0 rings (SSSR count). The molecule has 0 radical (unpaired) electrons. The van der Waals surface area contributed by atoms with Gasteiger partial charge in [-0.25, -0.2) is 0 Å². The average molecular weight is 329 g/mol. The smallest absolute Gasteiger partial charge is 0.311 e. The topological polar surface area (TPSA) is 46.5 Å². The van der Waals surface area contributed by atoms with Gasteiger partial charge in [-0.15, -0.1) is 0 Å². The Bertz CT molecular complexity index is 301. The van der Waals surface area contributed by atoms with Gasteiger partial charge in [0.25, 0.3) is 0 Å². The number of esters is 1. The third-order valence-electron chi connectivity index (χ3n) is 4.75. The summed E-state index contributed by atoms with van der Waals surface area (Å²) in [4.78, 5) is 11.6. The molecule has 0 aliphatic heterocycles. The van der Waals surface area contributed by atoms with Gasteiger partial charge in [0.1, 0.15) is 0 Å². The van der Waals surface area contributed by atoms with Crippen molar-refractivity contribution in [2.45, 2.75) is 92.6 Å². The van der Waals surface area contributed by atoms with Crippen LogP contribution in [0.5, 0.6) is 0 Å². The third kappa shape index (κ3) is 11.6. The fourth-order valence-electron chi connectivity index (χ4n) is 3.00. The largest absolute Gasteiger partial charge is 0.466 e. The van der Waals surface area contributed by atoms with Gasteiger partial charge in [0.2, 0.25) is 0 Å². The van der Waals surface area contributed by atoms with Crippen molar-refractivity contribution in [3.63, 3.8) is 0 Å². The second-order valence-electron chi connectivity index (χ2n) is 7.81. The van der Waals surface area contributed by atoms with E-state index in [-0.39, 0.29) is 5.97 Å². The van der Waals surface area contributed by atoms with Gasteiger partial charge < -0.3 is 9.84 Å². The van der Waals surface area contributed by atoms with Crippen molar-refractivity contribution in [2.24, 2.45) is 23.7 Å². The fourth-order valence-corrected chi connectivity index (χ4v) is 3.00. The Balaban J connectivity index is 3.84. The number of ether oxygens (including phenoxy) is 1. The summed E-state index contributed by atoms with van der Waals surface area (Å²) in [7, 11) is 0. The lowest BCUT2D eigenvalue weighted by Gasteiger charge is -2.21. The van der Waals surface area contributed by atoms with Crippen LogP contribution < -0.4 is 0 Å². The molecule has 138 valence electrons. The molecular formula is C20H40O3. The van der Waals surface area contributed by atoms with Gasteiger partial charge in [-0.3, -0.25) is 4.79 Å². The highest BCUT2D eigenvalue weighted by Gasteiger charge is 2.24. The Morgan fingerprint density at radius 2 is 1.43 bits per heavy atom. The maximum absolute atomic E-state index is 11.6. The minimum atomic E-state index is -0.590. The lowest BCUT2D eigenvalue weighted by atomic mass is 9.89. The Hall–Kier alpha value is -0.570. The van der Waals surface area contributed by atoms with Crippen LogP contribution in [0.3, 0.4) is 0 Å². The number of aliphatic hydroxyl groups is 1. The van der Waals surface area contributed by atoms with E-state index in [0.29, 0.717) is 18.9 Å². The molecule has 0 saturated heterocycles. The SMILES string of the molecule is CCOC(=O)C(C)C(O)CC(C)CCCC(C)CCCC(C)C. The van der Waals surface area contributed by atoms with Crippen LogP contribution in [0, 0.1) is 23.7 Å². The molecule has 4 unspecified atom stereocenters. The van der Waals surface area contributed by atoms with Crippen molar-refractivity contribution in [2.75, 3.05) is 6.61 Å². The standard InChI is InChI=1S/C20H40O3/c1-7-23-20(22)18(6)19(21)14-17(5)13-9-12-16(4)11-8-10-15(2)3/h15-19,21H,7-14H2,1-6H3. The van der Waals surface area contributed by atoms with Gasteiger partial charge in [0.15, 0.2) is 0 Å². The van der Waals surface area contributed by atoms with Gasteiger partial charge in [0, 0.05) is 0 Å². The highest BCUT2D eigenvalue weighted by atomic mass is 16.5. The molecule has 4 atom stereocenters. The maximum atomic E-state index is 11.6. The zero-order valence-electron chi connectivity index (χ0n) is 16.3. The van der Waals surface area contributed by atoms with Crippen LogP contribution in [-0.2, 0) is 9.53 Å². The first-order valence-corrected chi connectivity index (χ1v) is 9.62. The molecule has 3 heteroatoms. The van der Waals surface area contributed by atoms with Crippen molar-refractivity contribution in [1.82, 2.24) is 0 Å². The second-order valence-corrected chi connectivity index (χ2v) is 7.81. The van der Waals surface area contributed by atoms with Gasteiger partial charge in [-0.1, -0.05) is 66.2 Å². The number of carbonyl (C=O) groups is 1. The Kier molecular flexibility index (Phi) is 12.5. The number of carbonyl (C=O) groups excluding carboxylic acids is 1. The number of hydrogen-bond acceptors (Lipinski definition) is 3. The lowest BCUT2D eigenvalue weighted by molar-refractivity contribution is -0.151. The van der Waals surface area contributed by atoms with E-state index in [9.17, 15) is 9.90 Å². The molecule has 0 amide bonds. The van der Waals surface area contributed by atoms with Gasteiger partial charge in [-0.05, 0) is 38.0 Å². The van der Waals surface area contributed by atoms with Gasteiger partial charge in [0.05, 0.1) is 18.6 Å². The van der Waals surface area contributed by atoms with Gasteiger partial charge in [-0.2, -0.15) is 0 Å². The monoisotopic (exact) mass is 328 g/mol. The molecule has 0 aliphatic carbocycles. The summed E-state index contributed by atoms with van der Waals surface area (Å²) >= 11 is 0. The molecule has 0 aromatic rings. The summed E-state index contributed by atoms with van der Waals surface area (Å²) in [5.41, 5.74) is 0. The molecule has 0 spiro atoms. The Labute approximate surface area is 144 Å². The fraction of sp³-hybridized carbons (Fsp3) is 0.950. The minimum Gasteiger partial charge on any atom is -0.466 e. The first-order chi connectivity index (χ1) is 10.8. The third-order valence-corrected chi connectivity index (χ3v) is 4.75. The van der Waals surface area contributed by atoms with E-state index >= 15 is 0 Å². The van der Waals surface area contributed by atoms with Crippen molar-refractivity contribution in [3.8, 4) is 0 Å². The number of rotatable bonds is 13. The van der Waals surface area contributed by atoms with Crippen molar-refractivity contribution in [1.29, 1.82) is 0 Å². The van der Waals surface area contributed by atoms with Crippen molar-refractivity contribution in [3.05, 3.63) is 0 Å². The van der Waals surface area contributed by atoms with E-state index in [4.69, 9.17) is 4.74 Å². The summed E-state index contributed by atoms with van der Waals surface area (Å²) in [6, 6.07) is 0. The number of aliphatic hydroxyl groups excluding tert-OH is 1. The molecule has 0 aromatic heterocycles. The van der Waals surface area contributed by atoms with E-state index in [1.54, 1.807) is 13.8 Å². The predicted octanol–water partition coefficient (Wildman–Crippen LogP) is 5.21. The lowest BCUT2D eigenvalue weighted by Crippen LogP contribution is -2.29. The quantitative estimate of drug-likeness (QED) is 0.472. The van der Waals surface area contributed by atoms with Crippen LogP contribution in [0.1, 0.15) is 86.5 Å². The second kappa shape index (κ2) is 12.8.